The van der Waals surface area contributed by atoms with E-state index >= 15 is 0 Å². The van der Waals surface area contributed by atoms with Gasteiger partial charge in [-0.2, -0.15) is 0 Å². The minimum Gasteiger partial charge on any atom is -0.336 e. The Morgan fingerprint density at radius 1 is 1.37 bits per heavy atom. The molecule has 1 atom stereocenters. The Balaban J connectivity index is 0.00000180. The van der Waals surface area contributed by atoms with Gasteiger partial charge in [-0.15, -0.1) is 12.4 Å². The molecule has 0 radical (unpaired) electrons. The molecule has 1 heterocycles. The Morgan fingerprint density at radius 3 is 2.63 bits per heavy atom. The van der Waals surface area contributed by atoms with Gasteiger partial charge in [0.25, 0.3) is 5.91 Å². The standard InChI is InChI=1S/C15H22N2O.ClH/c1-3-4-13-5-7-14(8-6-13)15(18)17-10-9-16-12(2)11-17;/h5-8,12,16H,3-4,9-11H2,1-2H3;1H. The molecule has 0 aliphatic carbocycles. The lowest BCUT2D eigenvalue weighted by molar-refractivity contribution is 0.0709. The molecular formula is C15H23ClN2O. The van der Waals surface area contributed by atoms with Crippen LogP contribution < -0.4 is 5.32 Å². The maximum Gasteiger partial charge on any atom is 0.253 e. The fourth-order valence-corrected chi connectivity index (χ4v) is 2.40. The Labute approximate surface area is 121 Å². The molecule has 1 aromatic carbocycles. The van der Waals surface area contributed by atoms with Crippen molar-refractivity contribution >= 4 is 18.3 Å². The zero-order valence-electron chi connectivity index (χ0n) is 11.7. The van der Waals surface area contributed by atoms with Crippen molar-refractivity contribution in [1.29, 1.82) is 0 Å². The zero-order valence-corrected chi connectivity index (χ0v) is 12.5. The summed E-state index contributed by atoms with van der Waals surface area (Å²) in [6, 6.07) is 8.45. The summed E-state index contributed by atoms with van der Waals surface area (Å²) in [6.45, 7) is 6.78. The normalized spacial score (nSPS) is 18.8. The van der Waals surface area contributed by atoms with E-state index in [0.29, 0.717) is 6.04 Å². The SMILES string of the molecule is CCCc1ccc(C(=O)N2CCNC(C)C2)cc1.Cl. The fraction of sp³-hybridized carbons (Fsp3) is 0.533. The summed E-state index contributed by atoms with van der Waals surface area (Å²) < 4.78 is 0. The fourth-order valence-electron chi connectivity index (χ4n) is 2.40. The molecule has 1 fully saturated rings. The molecule has 1 aliphatic rings. The molecule has 0 saturated carbocycles. The van der Waals surface area contributed by atoms with Crippen molar-refractivity contribution in [1.82, 2.24) is 10.2 Å². The molecule has 0 spiro atoms. The van der Waals surface area contributed by atoms with Crippen molar-refractivity contribution in [2.45, 2.75) is 32.7 Å². The van der Waals surface area contributed by atoms with Crippen molar-refractivity contribution in [2.75, 3.05) is 19.6 Å². The third-order valence-corrected chi connectivity index (χ3v) is 3.40. The number of aryl methyl sites for hydroxylation is 1. The summed E-state index contributed by atoms with van der Waals surface area (Å²) in [7, 11) is 0. The number of benzene rings is 1. The summed E-state index contributed by atoms with van der Waals surface area (Å²) in [5, 5.41) is 3.35. The number of hydrogen-bond donors (Lipinski definition) is 1. The van der Waals surface area contributed by atoms with E-state index in [-0.39, 0.29) is 18.3 Å². The van der Waals surface area contributed by atoms with Gasteiger partial charge in [0.2, 0.25) is 0 Å². The summed E-state index contributed by atoms with van der Waals surface area (Å²) in [6.07, 6.45) is 2.22. The number of rotatable bonds is 3. The Bertz CT molecular complexity index is 405. The molecule has 106 valence electrons. The van der Waals surface area contributed by atoms with Crippen molar-refractivity contribution in [3.63, 3.8) is 0 Å². The van der Waals surface area contributed by atoms with E-state index in [1.807, 2.05) is 17.0 Å². The lowest BCUT2D eigenvalue weighted by Crippen LogP contribution is -2.51. The summed E-state index contributed by atoms with van der Waals surface area (Å²) >= 11 is 0. The molecule has 1 unspecified atom stereocenters. The molecule has 0 aromatic heterocycles. The van der Waals surface area contributed by atoms with Crippen molar-refractivity contribution in [3.05, 3.63) is 35.4 Å². The van der Waals surface area contributed by atoms with Gasteiger partial charge in [-0.1, -0.05) is 25.5 Å². The predicted molar refractivity (Wildman–Crippen MR) is 81.1 cm³/mol. The first-order chi connectivity index (χ1) is 8.70. The van der Waals surface area contributed by atoms with Crippen LogP contribution in [-0.2, 0) is 6.42 Å². The molecule has 1 aromatic rings. The predicted octanol–water partition coefficient (Wildman–Crippen LogP) is 2.49. The van der Waals surface area contributed by atoms with Gasteiger partial charge in [-0.3, -0.25) is 4.79 Å². The number of halogens is 1. The van der Waals surface area contributed by atoms with Gasteiger partial charge in [0.15, 0.2) is 0 Å². The van der Waals surface area contributed by atoms with E-state index in [4.69, 9.17) is 0 Å². The van der Waals surface area contributed by atoms with Crippen molar-refractivity contribution in [2.24, 2.45) is 0 Å². The zero-order chi connectivity index (χ0) is 13.0. The van der Waals surface area contributed by atoms with Crippen LogP contribution in [0.25, 0.3) is 0 Å². The molecule has 2 rings (SSSR count). The first-order valence-electron chi connectivity index (χ1n) is 6.82. The van der Waals surface area contributed by atoms with Crippen molar-refractivity contribution < 1.29 is 4.79 Å². The quantitative estimate of drug-likeness (QED) is 0.924. The second-order valence-electron chi connectivity index (χ2n) is 5.05. The van der Waals surface area contributed by atoms with E-state index in [0.717, 1.165) is 38.0 Å². The lowest BCUT2D eigenvalue weighted by atomic mass is 10.1. The van der Waals surface area contributed by atoms with Crippen LogP contribution in [0, 0.1) is 0 Å². The highest BCUT2D eigenvalue weighted by atomic mass is 35.5. The molecule has 1 saturated heterocycles. The van der Waals surface area contributed by atoms with Gasteiger partial charge >= 0.3 is 0 Å². The van der Waals surface area contributed by atoms with Crippen LogP contribution in [0.15, 0.2) is 24.3 Å². The Morgan fingerprint density at radius 2 is 2.05 bits per heavy atom. The average Bonchev–Trinajstić information content (AvgIpc) is 2.39. The number of piperazine rings is 1. The molecule has 1 amide bonds. The average molecular weight is 283 g/mol. The van der Waals surface area contributed by atoms with E-state index in [9.17, 15) is 4.79 Å². The van der Waals surface area contributed by atoms with Gasteiger partial charge < -0.3 is 10.2 Å². The number of carbonyl (C=O) groups excluding carboxylic acids is 1. The first kappa shape index (κ1) is 16.0. The summed E-state index contributed by atoms with van der Waals surface area (Å²) in [5.41, 5.74) is 2.12. The largest absolute Gasteiger partial charge is 0.336 e. The smallest absolute Gasteiger partial charge is 0.253 e. The lowest BCUT2D eigenvalue weighted by Gasteiger charge is -2.32. The minimum atomic E-state index is 0. The molecule has 19 heavy (non-hydrogen) atoms. The van der Waals surface area contributed by atoms with Crippen LogP contribution in [0.1, 0.15) is 36.2 Å². The van der Waals surface area contributed by atoms with Gasteiger partial charge in [0.05, 0.1) is 0 Å². The maximum absolute atomic E-state index is 12.3. The maximum atomic E-state index is 12.3. The van der Waals surface area contributed by atoms with Gasteiger partial charge in [0, 0.05) is 31.2 Å². The molecule has 1 N–H and O–H groups in total. The Kier molecular flexibility index (Phi) is 6.32. The molecular weight excluding hydrogens is 260 g/mol. The van der Waals surface area contributed by atoms with Gasteiger partial charge in [0.1, 0.15) is 0 Å². The molecule has 0 bridgehead atoms. The van der Waals surface area contributed by atoms with Gasteiger partial charge in [-0.25, -0.2) is 0 Å². The molecule has 3 nitrogen and oxygen atoms in total. The van der Waals surface area contributed by atoms with Gasteiger partial charge in [-0.05, 0) is 31.0 Å². The second-order valence-corrected chi connectivity index (χ2v) is 5.05. The van der Waals surface area contributed by atoms with Crippen LogP contribution in [0.4, 0.5) is 0 Å². The van der Waals surface area contributed by atoms with E-state index < -0.39 is 0 Å². The highest BCUT2D eigenvalue weighted by Gasteiger charge is 2.21. The van der Waals surface area contributed by atoms with Crippen molar-refractivity contribution in [3.8, 4) is 0 Å². The highest BCUT2D eigenvalue weighted by Crippen LogP contribution is 2.11. The third-order valence-electron chi connectivity index (χ3n) is 3.40. The molecule has 1 aliphatic heterocycles. The minimum absolute atomic E-state index is 0. The number of hydrogen-bond acceptors (Lipinski definition) is 2. The van der Waals surface area contributed by atoms with E-state index in [1.165, 1.54) is 5.56 Å². The van der Waals surface area contributed by atoms with Crippen LogP contribution in [0.5, 0.6) is 0 Å². The Hall–Kier alpha value is -1.06. The number of carbonyl (C=O) groups is 1. The van der Waals surface area contributed by atoms with Crippen LogP contribution in [-0.4, -0.2) is 36.5 Å². The number of nitrogens with zero attached hydrogens (tertiary/aromatic N) is 1. The number of amides is 1. The van der Waals surface area contributed by atoms with E-state index in [2.05, 4.69) is 31.3 Å². The first-order valence-corrected chi connectivity index (χ1v) is 6.82. The van der Waals surface area contributed by atoms with Crippen LogP contribution in [0.2, 0.25) is 0 Å². The third kappa shape index (κ3) is 4.22. The summed E-state index contributed by atoms with van der Waals surface area (Å²) in [4.78, 5) is 14.3. The number of nitrogens with one attached hydrogen (secondary N) is 1. The second kappa shape index (κ2) is 7.51. The van der Waals surface area contributed by atoms with E-state index in [1.54, 1.807) is 0 Å². The topological polar surface area (TPSA) is 32.3 Å². The highest BCUT2D eigenvalue weighted by molar-refractivity contribution is 5.94. The molecule has 4 heteroatoms. The van der Waals surface area contributed by atoms with Crippen LogP contribution in [0.3, 0.4) is 0 Å². The monoisotopic (exact) mass is 282 g/mol. The summed E-state index contributed by atoms with van der Waals surface area (Å²) in [5.74, 6) is 0.159. The van der Waals surface area contributed by atoms with Crippen LogP contribution >= 0.6 is 12.4 Å².